The molecule has 2 N–H and O–H groups in total. The van der Waals surface area contributed by atoms with E-state index in [1.54, 1.807) is 0 Å². The number of piperazine rings is 1. The SMILES string of the molecule is CCCC(N)C(=O)N1CCN(CC(=O)N2CCCc3ccccc32)CC1.Cl. The predicted molar refractivity (Wildman–Crippen MR) is 110 cm³/mol. The number of aryl methyl sites for hydroxylation is 1. The summed E-state index contributed by atoms with van der Waals surface area (Å²) in [6, 6.07) is 7.79. The smallest absolute Gasteiger partial charge is 0.241 e. The molecule has 0 aromatic heterocycles. The van der Waals surface area contributed by atoms with Crippen LogP contribution < -0.4 is 10.6 Å². The highest BCUT2D eigenvalue weighted by molar-refractivity contribution is 5.96. The molecule has 1 fully saturated rings. The molecule has 150 valence electrons. The van der Waals surface area contributed by atoms with Gasteiger partial charge in [-0.15, -0.1) is 12.4 Å². The maximum absolute atomic E-state index is 12.8. The summed E-state index contributed by atoms with van der Waals surface area (Å²) in [5, 5.41) is 0. The van der Waals surface area contributed by atoms with Crippen molar-refractivity contribution in [2.45, 2.75) is 38.6 Å². The van der Waals surface area contributed by atoms with Crippen LogP contribution in [0.2, 0.25) is 0 Å². The number of hydrogen-bond acceptors (Lipinski definition) is 4. The molecule has 0 aliphatic carbocycles. The summed E-state index contributed by atoms with van der Waals surface area (Å²) in [5.41, 5.74) is 8.27. The van der Waals surface area contributed by atoms with Crippen LogP contribution in [0, 0.1) is 0 Å². The van der Waals surface area contributed by atoms with Crippen LogP contribution in [0.5, 0.6) is 0 Å². The molecule has 0 radical (unpaired) electrons. The fraction of sp³-hybridized carbons (Fsp3) is 0.600. The van der Waals surface area contributed by atoms with Gasteiger partial charge in [0.1, 0.15) is 0 Å². The molecule has 1 atom stereocenters. The molecule has 0 bridgehead atoms. The van der Waals surface area contributed by atoms with Crippen molar-refractivity contribution in [2.75, 3.05) is 44.2 Å². The van der Waals surface area contributed by atoms with Gasteiger partial charge in [0, 0.05) is 38.4 Å². The summed E-state index contributed by atoms with van der Waals surface area (Å²) in [7, 11) is 0. The lowest BCUT2D eigenvalue weighted by Crippen LogP contribution is -2.55. The van der Waals surface area contributed by atoms with Gasteiger partial charge in [0.2, 0.25) is 11.8 Å². The third-order valence-corrected chi connectivity index (χ3v) is 5.37. The highest BCUT2D eigenvalue weighted by Gasteiger charge is 2.28. The minimum Gasteiger partial charge on any atom is -0.339 e. The molecule has 6 nitrogen and oxygen atoms in total. The minimum atomic E-state index is -0.391. The zero-order chi connectivity index (χ0) is 18.5. The Hall–Kier alpha value is -1.63. The summed E-state index contributed by atoms with van der Waals surface area (Å²) < 4.78 is 0. The summed E-state index contributed by atoms with van der Waals surface area (Å²) in [5.74, 6) is 0.197. The first kappa shape index (κ1) is 21.7. The van der Waals surface area contributed by atoms with Crippen LogP contribution in [0.4, 0.5) is 5.69 Å². The van der Waals surface area contributed by atoms with E-state index in [9.17, 15) is 9.59 Å². The zero-order valence-corrected chi connectivity index (χ0v) is 16.9. The van der Waals surface area contributed by atoms with Gasteiger partial charge in [-0.2, -0.15) is 0 Å². The van der Waals surface area contributed by atoms with Gasteiger partial charge in [0.05, 0.1) is 12.6 Å². The van der Waals surface area contributed by atoms with Crippen molar-refractivity contribution in [1.82, 2.24) is 9.80 Å². The second kappa shape index (κ2) is 10.1. The van der Waals surface area contributed by atoms with Crippen molar-refractivity contribution < 1.29 is 9.59 Å². The maximum Gasteiger partial charge on any atom is 0.241 e. The van der Waals surface area contributed by atoms with E-state index < -0.39 is 6.04 Å². The first-order chi connectivity index (χ1) is 12.6. The van der Waals surface area contributed by atoms with Crippen molar-refractivity contribution in [3.8, 4) is 0 Å². The highest BCUT2D eigenvalue weighted by atomic mass is 35.5. The van der Waals surface area contributed by atoms with Gasteiger partial charge in [0.15, 0.2) is 0 Å². The van der Waals surface area contributed by atoms with Crippen molar-refractivity contribution in [2.24, 2.45) is 5.73 Å². The number of rotatable bonds is 5. The molecule has 0 saturated carbocycles. The van der Waals surface area contributed by atoms with Gasteiger partial charge in [-0.25, -0.2) is 0 Å². The lowest BCUT2D eigenvalue weighted by atomic mass is 10.0. The number of hydrogen-bond donors (Lipinski definition) is 1. The topological polar surface area (TPSA) is 69.9 Å². The Morgan fingerprint density at radius 3 is 2.52 bits per heavy atom. The molecule has 1 aromatic rings. The Morgan fingerprint density at radius 2 is 1.81 bits per heavy atom. The van der Waals surface area contributed by atoms with Crippen LogP contribution >= 0.6 is 12.4 Å². The van der Waals surface area contributed by atoms with E-state index in [2.05, 4.69) is 11.0 Å². The molecule has 2 aliphatic rings. The fourth-order valence-corrected chi connectivity index (χ4v) is 3.86. The lowest BCUT2D eigenvalue weighted by Gasteiger charge is -2.37. The van der Waals surface area contributed by atoms with Crippen LogP contribution in [-0.4, -0.2) is 66.9 Å². The summed E-state index contributed by atoms with van der Waals surface area (Å²) >= 11 is 0. The Morgan fingerprint density at radius 1 is 1.11 bits per heavy atom. The zero-order valence-electron chi connectivity index (χ0n) is 16.1. The fourth-order valence-electron chi connectivity index (χ4n) is 3.86. The van der Waals surface area contributed by atoms with Crippen molar-refractivity contribution in [1.29, 1.82) is 0 Å². The average Bonchev–Trinajstić information content (AvgIpc) is 2.67. The first-order valence-electron chi connectivity index (χ1n) is 9.75. The van der Waals surface area contributed by atoms with Gasteiger partial charge in [0.25, 0.3) is 0 Å². The summed E-state index contributed by atoms with van der Waals surface area (Å²) in [6.07, 6.45) is 3.70. The molecule has 2 aliphatic heterocycles. The van der Waals surface area contributed by atoms with Gasteiger partial charge >= 0.3 is 0 Å². The Bertz CT molecular complexity index is 647. The Kier molecular flexibility index (Phi) is 8.07. The number of benzene rings is 1. The van der Waals surface area contributed by atoms with Crippen molar-refractivity contribution in [3.63, 3.8) is 0 Å². The largest absolute Gasteiger partial charge is 0.339 e. The number of nitrogens with zero attached hydrogens (tertiary/aromatic N) is 3. The van der Waals surface area contributed by atoms with Gasteiger partial charge in [-0.3, -0.25) is 14.5 Å². The van der Waals surface area contributed by atoms with E-state index in [0.29, 0.717) is 19.6 Å². The van der Waals surface area contributed by atoms with Crippen molar-refractivity contribution in [3.05, 3.63) is 29.8 Å². The highest BCUT2D eigenvalue weighted by Crippen LogP contribution is 2.26. The molecule has 3 rings (SSSR count). The Labute approximate surface area is 168 Å². The molecule has 27 heavy (non-hydrogen) atoms. The third-order valence-electron chi connectivity index (χ3n) is 5.37. The Balaban J connectivity index is 0.00000261. The van der Waals surface area contributed by atoms with Gasteiger partial charge in [-0.05, 0) is 30.9 Å². The van der Waals surface area contributed by atoms with Crippen molar-refractivity contribution >= 4 is 29.9 Å². The number of para-hydroxylation sites is 1. The van der Waals surface area contributed by atoms with Crippen LogP contribution in [0.3, 0.4) is 0 Å². The normalized spacial score (nSPS) is 18.4. The van der Waals surface area contributed by atoms with Crippen LogP contribution in [0.15, 0.2) is 24.3 Å². The van der Waals surface area contributed by atoms with Crippen LogP contribution in [-0.2, 0) is 16.0 Å². The molecule has 1 unspecified atom stereocenters. The molecule has 2 heterocycles. The van der Waals surface area contributed by atoms with Crippen LogP contribution in [0.25, 0.3) is 0 Å². The number of halogens is 1. The quantitative estimate of drug-likeness (QED) is 0.824. The molecule has 7 heteroatoms. The maximum atomic E-state index is 12.8. The third kappa shape index (κ3) is 5.21. The van der Waals surface area contributed by atoms with Gasteiger partial charge < -0.3 is 15.5 Å². The first-order valence-corrected chi connectivity index (χ1v) is 9.75. The molecular formula is C20H31ClN4O2. The van der Waals surface area contributed by atoms with E-state index in [0.717, 1.165) is 51.0 Å². The summed E-state index contributed by atoms with van der Waals surface area (Å²) in [6.45, 7) is 6.00. The number of nitrogens with two attached hydrogens (primary N) is 1. The predicted octanol–water partition coefficient (Wildman–Crippen LogP) is 1.66. The number of carbonyl (C=O) groups is 2. The second-order valence-electron chi connectivity index (χ2n) is 7.27. The van der Waals surface area contributed by atoms with E-state index >= 15 is 0 Å². The standard InChI is InChI=1S/C20H30N4O2.ClH/c1-2-6-17(21)20(26)23-13-11-22(12-14-23)15-19(25)24-10-5-8-16-7-3-4-9-18(16)24;/h3-4,7,9,17H,2,5-6,8,10-15,21H2,1H3;1H. The minimum absolute atomic E-state index is 0. The van der Waals surface area contributed by atoms with Gasteiger partial charge in [-0.1, -0.05) is 31.5 Å². The summed E-state index contributed by atoms with van der Waals surface area (Å²) in [4.78, 5) is 31.0. The number of anilines is 1. The van der Waals surface area contributed by atoms with E-state index in [4.69, 9.17) is 5.73 Å². The number of fused-ring (bicyclic) bond motifs is 1. The number of amides is 2. The second-order valence-corrected chi connectivity index (χ2v) is 7.27. The number of carbonyl (C=O) groups excluding carboxylic acids is 2. The lowest BCUT2D eigenvalue weighted by molar-refractivity contribution is -0.134. The van der Waals surface area contributed by atoms with E-state index in [1.165, 1.54) is 5.56 Å². The molecule has 1 aromatic carbocycles. The molecule has 2 amide bonds. The van der Waals surface area contributed by atoms with Crippen LogP contribution in [0.1, 0.15) is 31.7 Å². The average molecular weight is 395 g/mol. The monoisotopic (exact) mass is 394 g/mol. The van der Waals surface area contributed by atoms with E-state index in [-0.39, 0.29) is 24.2 Å². The molecular weight excluding hydrogens is 364 g/mol. The molecule has 0 spiro atoms. The van der Waals surface area contributed by atoms with E-state index in [1.807, 2.05) is 34.9 Å². The molecule has 1 saturated heterocycles.